The summed E-state index contributed by atoms with van der Waals surface area (Å²) in [7, 11) is 0. The fraction of sp³-hybridized carbons (Fsp3) is 0.429. The Morgan fingerprint density at radius 1 is 1.40 bits per heavy atom. The van der Waals surface area contributed by atoms with Gasteiger partial charge in [0, 0.05) is 42.8 Å². The van der Waals surface area contributed by atoms with Crippen molar-refractivity contribution in [3.05, 3.63) is 41.5 Å². The van der Waals surface area contributed by atoms with E-state index in [2.05, 4.69) is 15.4 Å². The molecule has 0 fully saturated rings. The number of aromatic hydroxyl groups is 1. The Bertz CT molecular complexity index is 540. The van der Waals surface area contributed by atoms with Crippen LogP contribution in [-0.2, 0) is 19.7 Å². The van der Waals surface area contributed by atoms with Gasteiger partial charge < -0.3 is 15.5 Å². The van der Waals surface area contributed by atoms with Crippen LogP contribution in [0.25, 0.3) is 0 Å². The molecule has 0 saturated carbocycles. The normalized spacial score (nSPS) is 10.9. The average molecular weight is 276 g/mol. The van der Waals surface area contributed by atoms with Gasteiger partial charge in [0.05, 0.1) is 12.3 Å². The fourth-order valence-electron chi connectivity index (χ4n) is 2.03. The summed E-state index contributed by atoms with van der Waals surface area (Å²) in [6.45, 7) is 3.81. The van der Waals surface area contributed by atoms with Crippen LogP contribution >= 0.6 is 0 Å². The minimum atomic E-state index is -0.120. The molecule has 0 amide bonds. The Morgan fingerprint density at radius 2 is 2.25 bits per heavy atom. The van der Waals surface area contributed by atoms with Crippen LogP contribution < -0.4 is 5.32 Å². The summed E-state index contributed by atoms with van der Waals surface area (Å²) < 4.78 is 1.88. The maximum absolute atomic E-state index is 9.99. The van der Waals surface area contributed by atoms with E-state index < -0.39 is 0 Å². The van der Waals surface area contributed by atoms with Gasteiger partial charge in [-0.05, 0) is 26.0 Å². The van der Waals surface area contributed by atoms with Gasteiger partial charge in [-0.1, -0.05) is 0 Å². The van der Waals surface area contributed by atoms with Crippen LogP contribution in [0.4, 0.5) is 0 Å². The van der Waals surface area contributed by atoms with E-state index in [1.807, 2.05) is 16.9 Å². The summed E-state index contributed by atoms with van der Waals surface area (Å²) in [5.74, 6) is 0.163. The summed E-state index contributed by atoms with van der Waals surface area (Å²) in [5.41, 5.74) is 1.96. The van der Waals surface area contributed by atoms with Gasteiger partial charge in [0.2, 0.25) is 0 Å². The summed E-state index contributed by atoms with van der Waals surface area (Å²) in [5, 5.41) is 26.7. The van der Waals surface area contributed by atoms with E-state index in [1.54, 1.807) is 19.3 Å². The van der Waals surface area contributed by atoms with Gasteiger partial charge in [-0.25, -0.2) is 0 Å². The zero-order valence-electron chi connectivity index (χ0n) is 11.6. The van der Waals surface area contributed by atoms with E-state index in [0.717, 1.165) is 25.1 Å². The molecule has 0 aliphatic rings. The molecule has 2 rings (SSSR count). The molecule has 0 spiro atoms. The molecule has 3 N–H and O–H groups in total. The SMILES string of the molecule is Cc1ncc(CO)c(CNCCCn2cccn2)c1O. The second kappa shape index (κ2) is 7.02. The minimum Gasteiger partial charge on any atom is -0.506 e. The van der Waals surface area contributed by atoms with Crippen molar-refractivity contribution in [2.75, 3.05) is 6.54 Å². The summed E-state index contributed by atoms with van der Waals surface area (Å²) in [6, 6.07) is 1.90. The molecule has 2 heterocycles. The van der Waals surface area contributed by atoms with Crippen molar-refractivity contribution >= 4 is 0 Å². The molecular formula is C14H20N4O2. The number of aliphatic hydroxyl groups is 1. The minimum absolute atomic E-state index is 0.120. The largest absolute Gasteiger partial charge is 0.506 e. The second-order valence-electron chi connectivity index (χ2n) is 4.65. The predicted octanol–water partition coefficient (Wildman–Crippen LogP) is 0.964. The molecule has 0 aliphatic carbocycles. The van der Waals surface area contributed by atoms with E-state index in [9.17, 15) is 10.2 Å². The molecule has 0 bridgehead atoms. The summed E-state index contributed by atoms with van der Waals surface area (Å²) in [4.78, 5) is 4.04. The molecule has 2 aromatic heterocycles. The standard InChI is InChI=1S/C14H20N4O2/c1-11-14(20)13(12(10-19)8-16-11)9-15-4-2-6-18-7-3-5-17-18/h3,5,7-8,15,19-20H,2,4,6,9-10H2,1H3. The fourth-order valence-corrected chi connectivity index (χ4v) is 2.03. The monoisotopic (exact) mass is 276 g/mol. The topological polar surface area (TPSA) is 83.2 Å². The van der Waals surface area contributed by atoms with Gasteiger partial charge in [-0.2, -0.15) is 5.10 Å². The van der Waals surface area contributed by atoms with Gasteiger partial charge >= 0.3 is 0 Å². The summed E-state index contributed by atoms with van der Waals surface area (Å²) >= 11 is 0. The van der Waals surface area contributed by atoms with Crippen LogP contribution in [0.15, 0.2) is 24.7 Å². The Morgan fingerprint density at radius 3 is 2.95 bits per heavy atom. The molecule has 0 unspecified atom stereocenters. The lowest BCUT2D eigenvalue weighted by molar-refractivity contribution is 0.278. The Hall–Kier alpha value is -1.92. The quantitative estimate of drug-likeness (QED) is 0.656. The number of hydrogen-bond donors (Lipinski definition) is 3. The van der Waals surface area contributed by atoms with Crippen molar-refractivity contribution in [3.8, 4) is 5.75 Å². The second-order valence-corrected chi connectivity index (χ2v) is 4.65. The number of aliphatic hydroxyl groups excluding tert-OH is 1. The third-order valence-corrected chi connectivity index (χ3v) is 3.20. The number of hydrogen-bond acceptors (Lipinski definition) is 5. The third kappa shape index (κ3) is 3.55. The van der Waals surface area contributed by atoms with Crippen molar-refractivity contribution in [3.63, 3.8) is 0 Å². The highest BCUT2D eigenvalue weighted by Crippen LogP contribution is 2.23. The highest BCUT2D eigenvalue weighted by molar-refractivity contribution is 5.40. The molecule has 0 aromatic carbocycles. The van der Waals surface area contributed by atoms with Gasteiger partial charge in [-0.15, -0.1) is 0 Å². The molecule has 0 radical (unpaired) electrons. The number of rotatable bonds is 7. The zero-order valence-corrected chi connectivity index (χ0v) is 11.6. The van der Waals surface area contributed by atoms with E-state index >= 15 is 0 Å². The molecule has 108 valence electrons. The lowest BCUT2D eigenvalue weighted by Gasteiger charge is -2.12. The first-order valence-corrected chi connectivity index (χ1v) is 6.67. The Balaban J connectivity index is 1.83. The van der Waals surface area contributed by atoms with E-state index in [-0.39, 0.29) is 12.4 Å². The van der Waals surface area contributed by atoms with E-state index in [4.69, 9.17) is 0 Å². The van der Waals surface area contributed by atoms with E-state index in [1.165, 1.54) is 0 Å². The van der Waals surface area contributed by atoms with Crippen LogP contribution in [0, 0.1) is 6.92 Å². The first-order valence-electron chi connectivity index (χ1n) is 6.67. The van der Waals surface area contributed by atoms with Crippen LogP contribution in [0.2, 0.25) is 0 Å². The lowest BCUT2D eigenvalue weighted by Crippen LogP contribution is -2.18. The molecule has 6 nitrogen and oxygen atoms in total. The van der Waals surface area contributed by atoms with Gasteiger partial charge in [0.1, 0.15) is 5.75 Å². The summed E-state index contributed by atoms with van der Waals surface area (Å²) in [6.07, 6.45) is 6.25. The Kier molecular flexibility index (Phi) is 5.09. The van der Waals surface area contributed by atoms with Crippen molar-refractivity contribution in [1.82, 2.24) is 20.1 Å². The van der Waals surface area contributed by atoms with Crippen LogP contribution in [0.5, 0.6) is 5.75 Å². The van der Waals surface area contributed by atoms with Crippen LogP contribution in [0.1, 0.15) is 23.2 Å². The van der Waals surface area contributed by atoms with Crippen LogP contribution in [-0.4, -0.2) is 31.5 Å². The predicted molar refractivity (Wildman–Crippen MR) is 75.1 cm³/mol. The average Bonchev–Trinajstić information content (AvgIpc) is 2.96. The maximum Gasteiger partial charge on any atom is 0.141 e. The highest BCUT2D eigenvalue weighted by Gasteiger charge is 2.10. The number of aromatic nitrogens is 3. The molecule has 0 saturated heterocycles. The van der Waals surface area contributed by atoms with Crippen molar-refractivity contribution < 1.29 is 10.2 Å². The number of nitrogens with zero attached hydrogens (tertiary/aromatic N) is 3. The number of aryl methyl sites for hydroxylation is 2. The number of nitrogens with one attached hydrogen (secondary N) is 1. The highest BCUT2D eigenvalue weighted by atomic mass is 16.3. The van der Waals surface area contributed by atoms with Gasteiger partial charge in [0.25, 0.3) is 0 Å². The molecule has 2 aromatic rings. The Labute approximate surface area is 118 Å². The molecule has 20 heavy (non-hydrogen) atoms. The van der Waals surface area contributed by atoms with Gasteiger partial charge in [-0.3, -0.25) is 9.67 Å². The van der Waals surface area contributed by atoms with Crippen LogP contribution in [0.3, 0.4) is 0 Å². The molecular weight excluding hydrogens is 256 g/mol. The molecule has 6 heteroatoms. The smallest absolute Gasteiger partial charge is 0.141 e. The first-order chi connectivity index (χ1) is 9.72. The number of pyridine rings is 1. The van der Waals surface area contributed by atoms with Crippen molar-refractivity contribution in [2.24, 2.45) is 0 Å². The van der Waals surface area contributed by atoms with Crippen molar-refractivity contribution in [1.29, 1.82) is 0 Å². The van der Waals surface area contributed by atoms with Crippen molar-refractivity contribution in [2.45, 2.75) is 33.0 Å². The first kappa shape index (κ1) is 14.5. The van der Waals surface area contributed by atoms with E-state index in [0.29, 0.717) is 17.8 Å². The third-order valence-electron chi connectivity index (χ3n) is 3.20. The zero-order chi connectivity index (χ0) is 14.4. The molecule has 0 aliphatic heterocycles. The lowest BCUT2D eigenvalue weighted by atomic mass is 10.1. The van der Waals surface area contributed by atoms with Gasteiger partial charge in [0.15, 0.2) is 0 Å². The molecule has 0 atom stereocenters. The maximum atomic E-state index is 9.99.